The summed E-state index contributed by atoms with van der Waals surface area (Å²) in [6, 6.07) is 18.1. The minimum Gasteiger partial charge on any atom is -0.461 e. The van der Waals surface area contributed by atoms with Gasteiger partial charge in [-0.3, -0.25) is 14.4 Å². The Labute approximate surface area is 188 Å². The summed E-state index contributed by atoms with van der Waals surface area (Å²) in [5, 5.41) is 2.84. The Balaban J connectivity index is 1.50. The summed E-state index contributed by atoms with van der Waals surface area (Å²) in [5.74, 6) is -0.914. The van der Waals surface area contributed by atoms with Crippen molar-refractivity contribution in [2.24, 2.45) is 0 Å². The zero-order chi connectivity index (χ0) is 22.6. The predicted octanol–water partition coefficient (Wildman–Crippen LogP) is 2.11. The number of nitrogens with one attached hydrogen (secondary N) is 1. The normalized spacial score (nSPS) is 20.8. The van der Waals surface area contributed by atoms with Crippen LogP contribution in [0.2, 0.25) is 0 Å². The second kappa shape index (κ2) is 9.53. The van der Waals surface area contributed by atoms with Crippen LogP contribution in [-0.4, -0.2) is 59.3 Å². The van der Waals surface area contributed by atoms with E-state index in [1.165, 1.54) is 0 Å². The Bertz CT molecular complexity index is 956. The van der Waals surface area contributed by atoms with E-state index in [0.717, 1.165) is 24.2 Å². The highest BCUT2D eigenvalue weighted by Crippen LogP contribution is 2.34. The van der Waals surface area contributed by atoms with Gasteiger partial charge >= 0.3 is 5.97 Å². The molecule has 2 amide bonds. The molecule has 0 bridgehead atoms. The maximum Gasteiger partial charge on any atom is 0.308 e. The first-order valence-corrected chi connectivity index (χ1v) is 11.0. The summed E-state index contributed by atoms with van der Waals surface area (Å²) in [5.41, 5.74) is 0.944. The fraction of sp³-hybridized carbons (Fsp3) is 0.400. The van der Waals surface area contributed by atoms with Gasteiger partial charge < -0.3 is 19.9 Å². The van der Waals surface area contributed by atoms with E-state index in [2.05, 4.69) is 10.2 Å². The Morgan fingerprint density at radius 1 is 1.00 bits per heavy atom. The molecule has 0 saturated carbocycles. The molecule has 7 nitrogen and oxygen atoms in total. The summed E-state index contributed by atoms with van der Waals surface area (Å²) in [7, 11) is 2.02. The number of benzene rings is 2. The standard InChI is InChI=1S/C25H29N3O4/c1-27-14-12-25(13-15-27)24(31)26-21(16-22(29)32-18-20-10-6-3-7-11-20)23(30)28(25)17-19-8-4-2-5-9-19/h2-11,21H,12-18H2,1H3,(H,26,31). The number of carbonyl (C=O) groups is 3. The topological polar surface area (TPSA) is 79.0 Å². The van der Waals surface area contributed by atoms with Crippen LogP contribution in [-0.2, 0) is 32.3 Å². The third kappa shape index (κ3) is 4.67. The van der Waals surface area contributed by atoms with E-state index in [0.29, 0.717) is 19.4 Å². The van der Waals surface area contributed by atoms with Crippen molar-refractivity contribution in [3.63, 3.8) is 0 Å². The molecule has 2 saturated heterocycles. The van der Waals surface area contributed by atoms with Crippen molar-refractivity contribution in [2.45, 2.75) is 44.0 Å². The molecule has 1 spiro atoms. The molecule has 32 heavy (non-hydrogen) atoms. The van der Waals surface area contributed by atoms with Crippen LogP contribution in [0.15, 0.2) is 60.7 Å². The van der Waals surface area contributed by atoms with Crippen molar-refractivity contribution in [2.75, 3.05) is 20.1 Å². The maximum absolute atomic E-state index is 13.5. The van der Waals surface area contributed by atoms with Gasteiger partial charge in [-0.1, -0.05) is 60.7 Å². The number of carbonyl (C=O) groups excluding carboxylic acids is 3. The van der Waals surface area contributed by atoms with Gasteiger partial charge in [0.25, 0.3) is 0 Å². The number of nitrogens with zero attached hydrogens (tertiary/aromatic N) is 2. The van der Waals surface area contributed by atoms with Crippen LogP contribution in [0.3, 0.4) is 0 Å². The smallest absolute Gasteiger partial charge is 0.308 e. The third-order valence-corrected chi connectivity index (χ3v) is 6.42. The van der Waals surface area contributed by atoms with Gasteiger partial charge in [0.1, 0.15) is 18.2 Å². The summed E-state index contributed by atoms with van der Waals surface area (Å²) >= 11 is 0. The van der Waals surface area contributed by atoms with Gasteiger partial charge in [0.05, 0.1) is 6.42 Å². The minimum absolute atomic E-state index is 0.137. The summed E-state index contributed by atoms with van der Waals surface area (Å²) in [6.45, 7) is 1.94. The van der Waals surface area contributed by atoms with E-state index >= 15 is 0 Å². The monoisotopic (exact) mass is 435 g/mol. The molecule has 7 heteroatoms. The van der Waals surface area contributed by atoms with E-state index in [1.54, 1.807) is 4.90 Å². The Morgan fingerprint density at radius 2 is 1.59 bits per heavy atom. The number of esters is 1. The van der Waals surface area contributed by atoms with Gasteiger partial charge in [0.2, 0.25) is 11.8 Å². The van der Waals surface area contributed by atoms with Crippen molar-refractivity contribution in [3.8, 4) is 0 Å². The van der Waals surface area contributed by atoms with Crippen LogP contribution in [0.4, 0.5) is 0 Å². The second-order valence-corrected chi connectivity index (χ2v) is 8.62. The van der Waals surface area contributed by atoms with Crippen LogP contribution in [0.1, 0.15) is 30.4 Å². The highest BCUT2D eigenvalue weighted by Gasteiger charge is 2.53. The lowest BCUT2D eigenvalue weighted by molar-refractivity contribution is -0.164. The van der Waals surface area contributed by atoms with Gasteiger partial charge in [0, 0.05) is 19.6 Å². The molecule has 2 aliphatic rings. The van der Waals surface area contributed by atoms with Crippen LogP contribution in [0.25, 0.3) is 0 Å². The molecule has 4 rings (SSSR count). The van der Waals surface area contributed by atoms with Crippen LogP contribution >= 0.6 is 0 Å². The Morgan fingerprint density at radius 3 is 2.22 bits per heavy atom. The zero-order valence-electron chi connectivity index (χ0n) is 18.3. The average molecular weight is 436 g/mol. The van der Waals surface area contributed by atoms with E-state index in [9.17, 15) is 14.4 Å². The Kier molecular flexibility index (Phi) is 6.55. The zero-order valence-corrected chi connectivity index (χ0v) is 18.3. The fourth-order valence-electron chi connectivity index (χ4n) is 4.46. The number of piperidine rings is 1. The molecule has 2 aromatic rings. The number of likely N-dealkylation sites (tertiary alicyclic amines) is 1. The molecule has 2 aromatic carbocycles. The van der Waals surface area contributed by atoms with Gasteiger partial charge in [-0.15, -0.1) is 0 Å². The van der Waals surface area contributed by atoms with E-state index < -0.39 is 17.6 Å². The maximum atomic E-state index is 13.5. The first-order valence-electron chi connectivity index (χ1n) is 11.0. The lowest BCUT2D eigenvalue weighted by atomic mass is 9.81. The highest BCUT2D eigenvalue weighted by molar-refractivity contribution is 6.01. The first kappa shape index (κ1) is 22.0. The molecule has 0 aromatic heterocycles. The van der Waals surface area contributed by atoms with E-state index in [1.807, 2.05) is 67.7 Å². The predicted molar refractivity (Wildman–Crippen MR) is 119 cm³/mol. The molecular weight excluding hydrogens is 406 g/mol. The SMILES string of the molecule is CN1CCC2(CC1)C(=O)NC(CC(=O)OCc1ccccc1)C(=O)N2Cc1ccccc1. The van der Waals surface area contributed by atoms with E-state index in [4.69, 9.17) is 4.74 Å². The minimum atomic E-state index is -0.917. The quantitative estimate of drug-likeness (QED) is 0.703. The number of hydrogen-bond acceptors (Lipinski definition) is 5. The molecule has 1 unspecified atom stereocenters. The van der Waals surface area contributed by atoms with Crippen molar-refractivity contribution in [1.29, 1.82) is 0 Å². The number of ether oxygens (including phenoxy) is 1. The van der Waals surface area contributed by atoms with Crippen LogP contribution < -0.4 is 5.32 Å². The van der Waals surface area contributed by atoms with Gasteiger partial charge in [-0.25, -0.2) is 0 Å². The third-order valence-electron chi connectivity index (χ3n) is 6.42. The van der Waals surface area contributed by atoms with E-state index in [-0.39, 0.29) is 24.8 Å². The molecule has 1 N–H and O–H groups in total. The van der Waals surface area contributed by atoms with Gasteiger partial charge in [-0.05, 0) is 31.0 Å². The number of rotatable bonds is 6. The second-order valence-electron chi connectivity index (χ2n) is 8.62. The van der Waals surface area contributed by atoms with Crippen molar-refractivity contribution in [1.82, 2.24) is 15.1 Å². The average Bonchev–Trinajstić information content (AvgIpc) is 2.82. The molecule has 168 valence electrons. The molecule has 0 aliphatic carbocycles. The number of hydrogen-bond donors (Lipinski definition) is 1. The summed E-state index contributed by atoms with van der Waals surface area (Å²) < 4.78 is 5.35. The number of piperazine rings is 1. The molecule has 1 atom stereocenters. The lowest BCUT2D eigenvalue weighted by Crippen LogP contribution is -2.72. The number of amides is 2. The largest absolute Gasteiger partial charge is 0.461 e. The van der Waals surface area contributed by atoms with Crippen LogP contribution in [0, 0.1) is 0 Å². The van der Waals surface area contributed by atoms with Crippen LogP contribution in [0.5, 0.6) is 0 Å². The molecule has 2 aliphatic heterocycles. The van der Waals surface area contributed by atoms with Crippen molar-refractivity contribution < 1.29 is 19.1 Å². The summed E-state index contributed by atoms with van der Waals surface area (Å²) in [4.78, 5) is 43.2. The van der Waals surface area contributed by atoms with Crippen molar-refractivity contribution in [3.05, 3.63) is 71.8 Å². The fourth-order valence-corrected chi connectivity index (χ4v) is 4.46. The molecular formula is C25H29N3O4. The molecule has 0 radical (unpaired) electrons. The lowest BCUT2D eigenvalue weighted by Gasteiger charge is -2.51. The van der Waals surface area contributed by atoms with Gasteiger partial charge in [0.15, 0.2) is 0 Å². The Hall–Kier alpha value is -3.19. The summed E-state index contributed by atoms with van der Waals surface area (Å²) in [6.07, 6.45) is 0.955. The first-order chi connectivity index (χ1) is 15.5. The molecule has 2 heterocycles. The molecule has 2 fully saturated rings. The van der Waals surface area contributed by atoms with Gasteiger partial charge in [-0.2, -0.15) is 0 Å². The van der Waals surface area contributed by atoms with Crippen molar-refractivity contribution >= 4 is 17.8 Å². The highest BCUT2D eigenvalue weighted by atomic mass is 16.5.